The molecule has 2 heterocycles. The summed E-state index contributed by atoms with van der Waals surface area (Å²) in [6.07, 6.45) is 3.44. The first-order chi connectivity index (χ1) is 12.8. The fourth-order valence-electron chi connectivity index (χ4n) is 2.45. The number of pyridine rings is 1. The van der Waals surface area contributed by atoms with Crippen LogP contribution >= 0.6 is 23.4 Å². The Kier molecular flexibility index (Phi) is 5.82. The largest absolute Gasteiger partial charge is 0.351 e. The maximum Gasteiger partial charge on any atom is 0.230 e. The Labute approximate surface area is 167 Å². The molecule has 0 aliphatic rings. The van der Waals surface area contributed by atoms with Crippen LogP contribution in [0.5, 0.6) is 0 Å². The van der Waals surface area contributed by atoms with Crippen LogP contribution in [0.25, 0.3) is 17.1 Å². The molecule has 0 bridgehead atoms. The van der Waals surface area contributed by atoms with Gasteiger partial charge in [0.2, 0.25) is 5.91 Å². The van der Waals surface area contributed by atoms with Gasteiger partial charge in [-0.3, -0.25) is 14.3 Å². The van der Waals surface area contributed by atoms with E-state index in [1.165, 1.54) is 11.8 Å². The molecular formula is C19H20ClN5OS. The predicted molar refractivity (Wildman–Crippen MR) is 108 cm³/mol. The third-order valence-corrected chi connectivity index (χ3v) is 4.67. The Morgan fingerprint density at radius 3 is 2.56 bits per heavy atom. The molecule has 3 aromatic rings. The third-order valence-electron chi connectivity index (χ3n) is 3.48. The predicted octanol–water partition coefficient (Wildman–Crippen LogP) is 3.99. The minimum atomic E-state index is -0.275. The molecule has 0 radical (unpaired) electrons. The molecule has 1 N–H and O–H groups in total. The number of nitrogens with one attached hydrogen (secondary N) is 1. The highest BCUT2D eigenvalue weighted by molar-refractivity contribution is 7.99. The van der Waals surface area contributed by atoms with Crippen molar-refractivity contribution < 1.29 is 4.79 Å². The van der Waals surface area contributed by atoms with Crippen molar-refractivity contribution in [1.29, 1.82) is 0 Å². The lowest BCUT2D eigenvalue weighted by Crippen LogP contribution is -2.41. The van der Waals surface area contributed by atoms with Crippen molar-refractivity contribution in [2.45, 2.75) is 31.5 Å². The van der Waals surface area contributed by atoms with Crippen LogP contribution in [-0.2, 0) is 4.79 Å². The third kappa shape index (κ3) is 5.08. The van der Waals surface area contributed by atoms with Gasteiger partial charge >= 0.3 is 0 Å². The van der Waals surface area contributed by atoms with Crippen LogP contribution < -0.4 is 5.32 Å². The van der Waals surface area contributed by atoms with E-state index >= 15 is 0 Å². The molecule has 0 saturated carbocycles. The van der Waals surface area contributed by atoms with Crippen LogP contribution in [0.4, 0.5) is 0 Å². The van der Waals surface area contributed by atoms with E-state index in [9.17, 15) is 4.79 Å². The van der Waals surface area contributed by atoms with Crippen molar-refractivity contribution in [2.75, 3.05) is 5.75 Å². The molecule has 1 aromatic carbocycles. The van der Waals surface area contributed by atoms with Gasteiger partial charge in [-0.05, 0) is 57.2 Å². The van der Waals surface area contributed by atoms with Gasteiger partial charge in [0.05, 0.1) is 5.75 Å². The summed E-state index contributed by atoms with van der Waals surface area (Å²) in [6, 6.07) is 11.2. The van der Waals surface area contributed by atoms with Crippen LogP contribution in [0.15, 0.2) is 53.9 Å². The van der Waals surface area contributed by atoms with E-state index in [0.717, 1.165) is 11.3 Å². The highest BCUT2D eigenvalue weighted by Crippen LogP contribution is 2.28. The van der Waals surface area contributed by atoms with Gasteiger partial charge in [0.25, 0.3) is 0 Å². The number of hydrogen-bond acceptors (Lipinski definition) is 5. The minimum Gasteiger partial charge on any atom is -0.351 e. The van der Waals surface area contributed by atoms with Gasteiger partial charge in [0, 0.05) is 34.2 Å². The first kappa shape index (κ1) is 19.4. The number of rotatable bonds is 5. The molecule has 8 heteroatoms. The Morgan fingerprint density at radius 2 is 1.93 bits per heavy atom. The van der Waals surface area contributed by atoms with Gasteiger partial charge in [-0.15, -0.1) is 10.2 Å². The van der Waals surface area contributed by atoms with Crippen molar-refractivity contribution in [1.82, 2.24) is 25.1 Å². The number of benzene rings is 1. The first-order valence-electron chi connectivity index (χ1n) is 8.39. The van der Waals surface area contributed by atoms with Crippen molar-refractivity contribution >= 4 is 29.3 Å². The molecule has 0 fully saturated rings. The van der Waals surface area contributed by atoms with E-state index in [-0.39, 0.29) is 17.2 Å². The number of thioether (sulfide) groups is 1. The molecule has 1 amide bonds. The SMILES string of the molecule is CC(C)(C)NC(=O)CSc1nnc(-c2cccnc2)n1-c1ccc(Cl)cc1. The lowest BCUT2D eigenvalue weighted by atomic mass is 10.1. The number of carbonyl (C=O) groups excluding carboxylic acids is 1. The highest BCUT2D eigenvalue weighted by atomic mass is 35.5. The van der Waals surface area contributed by atoms with Crippen LogP contribution in [-0.4, -0.2) is 36.9 Å². The summed E-state index contributed by atoms with van der Waals surface area (Å²) < 4.78 is 1.91. The van der Waals surface area contributed by atoms with Crippen LogP contribution in [0, 0.1) is 0 Å². The molecule has 3 rings (SSSR count). The van der Waals surface area contributed by atoms with Crippen molar-refractivity contribution in [3.05, 3.63) is 53.8 Å². The molecule has 0 saturated heterocycles. The monoisotopic (exact) mass is 401 g/mol. The second-order valence-electron chi connectivity index (χ2n) is 6.95. The van der Waals surface area contributed by atoms with E-state index in [0.29, 0.717) is 16.0 Å². The second-order valence-corrected chi connectivity index (χ2v) is 8.33. The van der Waals surface area contributed by atoms with Crippen molar-refractivity contribution in [3.8, 4) is 17.1 Å². The lowest BCUT2D eigenvalue weighted by molar-refractivity contribution is -0.119. The number of hydrogen-bond donors (Lipinski definition) is 1. The molecule has 0 aliphatic heterocycles. The smallest absolute Gasteiger partial charge is 0.230 e. The summed E-state index contributed by atoms with van der Waals surface area (Å²) in [5.41, 5.74) is 1.43. The summed E-state index contributed by atoms with van der Waals surface area (Å²) in [5.74, 6) is 0.848. The molecule has 140 valence electrons. The van der Waals surface area contributed by atoms with E-state index in [1.807, 2.05) is 61.7 Å². The normalized spacial score (nSPS) is 11.4. The molecule has 6 nitrogen and oxygen atoms in total. The van der Waals surface area contributed by atoms with E-state index in [1.54, 1.807) is 12.4 Å². The average Bonchev–Trinajstić information content (AvgIpc) is 3.04. The maximum atomic E-state index is 12.2. The molecule has 2 aromatic heterocycles. The Bertz CT molecular complexity index is 920. The maximum absolute atomic E-state index is 12.2. The zero-order chi connectivity index (χ0) is 19.4. The van der Waals surface area contributed by atoms with Gasteiger partial charge in [-0.1, -0.05) is 23.4 Å². The van der Waals surface area contributed by atoms with E-state index < -0.39 is 0 Å². The number of carbonyl (C=O) groups is 1. The summed E-state index contributed by atoms with van der Waals surface area (Å²) in [6.45, 7) is 5.85. The number of amides is 1. The lowest BCUT2D eigenvalue weighted by Gasteiger charge is -2.20. The summed E-state index contributed by atoms with van der Waals surface area (Å²) in [5, 5.41) is 12.8. The highest BCUT2D eigenvalue weighted by Gasteiger charge is 2.19. The fourth-order valence-corrected chi connectivity index (χ4v) is 3.33. The topological polar surface area (TPSA) is 72.7 Å². The molecule has 0 unspecified atom stereocenters. The van der Waals surface area contributed by atoms with Crippen molar-refractivity contribution in [2.24, 2.45) is 0 Å². The Morgan fingerprint density at radius 1 is 1.19 bits per heavy atom. The standard InChI is InChI=1S/C19H20ClN5OS/c1-19(2,3)22-16(26)12-27-18-24-23-17(13-5-4-10-21-11-13)25(18)15-8-6-14(20)7-9-15/h4-11H,12H2,1-3H3,(H,22,26). The number of nitrogens with zero attached hydrogens (tertiary/aromatic N) is 4. The zero-order valence-corrected chi connectivity index (χ0v) is 16.9. The van der Waals surface area contributed by atoms with Crippen LogP contribution in [0.2, 0.25) is 5.02 Å². The van der Waals surface area contributed by atoms with Gasteiger partial charge in [-0.25, -0.2) is 0 Å². The number of aromatic nitrogens is 4. The summed E-state index contributed by atoms with van der Waals surface area (Å²) in [4.78, 5) is 16.3. The summed E-state index contributed by atoms with van der Waals surface area (Å²) in [7, 11) is 0. The van der Waals surface area contributed by atoms with Gasteiger partial charge < -0.3 is 5.32 Å². The quantitative estimate of drug-likeness (QED) is 0.654. The second kappa shape index (κ2) is 8.10. The zero-order valence-electron chi connectivity index (χ0n) is 15.3. The van der Waals surface area contributed by atoms with Gasteiger partial charge in [0.1, 0.15) is 0 Å². The van der Waals surface area contributed by atoms with Crippen molar-refractivity contribution in [3.63, 3.8) is 0 Å². The van der Waals surface area contributed by atoms with Crippen LogP contribution in [0.1, 0.15) is 20.8 Å². The van der Waals surface area contributed by atoms with E-state index in [2.05, 4.69) is 20.5 Å². The van der Waals surface area contributed by atoms with Gasteiger partial charge in [-0.2, -0.15) is 0 Å². The summed E-state index contributed by atoms with van der Waals surface area (Å²) >= 11 is 7.36. The first-order valence-corrected chi connectivity index (χ1v) is 9.75. The average molecular weight is 402 g/mol. The van der Waals surface area contributed by atoms with Crippen LogP contribution in [0.3, 0.4) is 0 Å². The minimum absolute atomic E-state index is 0.0546. The molecule has 0 aliphatic carbocycles. The molecular weight excluding hydrogens is 382 g/mol. The molecule has 27 heavy (non-hydrogen) atoms. The molecule has 0 spiro atoms. The Balaban J connectivity index is 1.93. The number of halogens is 1. The molecule has 0 atom stereocenters. The Hall–Kier alpha value is -2.38. The van der Waals surface area contributed by atoms with E-state index in [4.69, 9.17) is 11.6 Å². The fraction of sp³-hybridized carbons (Fsp3) is 0.263. The van der Waals surface area contributed by atoms with Gasteiger partial charge in [0.15, 0.2) is 11.0 Å².